The van der Waals surface area contributed by atoms with Gasteiger partial charge in [0.15, 0.2) is 5.17 Å². The van der Waals surface area contributed by atoms with Crippen molar-refractivity contribution in [2.75, 3.05) is 13.3 Å². The smallest absolute Gasteiger partial charge is 0.229 e. The molecule has 1 rings (SSSR count). The number of nitrogens with zero attached hydrogens (tertiary/aromatic N) is 1. The molecule has 1 N–H and O–H groups in total. The van der Waals surface area contributed by atoms with Crippen molar-refractivity contribution in [3.05, 3.63) is 29.8 Å². The summed E-state index contributed by atoms with van der Waals surface area (Å²) in [5, 5.41) is 12.0. The molecule has 1 aromatic rings. The van der Waals surface area contributed by atoms with E-state index in [9.17, 15) is 4.57 Å². The molecule has 1 unspecified atom stereocenters. The Balaban J connectivity index is 2.99. The Morgan fingerprint density at radius 3 is 2.50 bits per heavy atom. The Morgan fingerprint density at radius 2 is 2.06 bits per heavy atom. The largest absolute Gasteiger partial charge is 0.410 e. The van der Waals surface area contributed by atoms with Gasteiger partial charge in [-0.15, -0.1) is 0 Å². The normalized spacial score (nSPS) is 15.8. The van der Waals surface area contributed by atoms with Crippen molar-refractivity contribution in [2.24, 2.45) is 5.16 Å². The number of oxime groups is 1. The van der Waals surface area contributed by atoms with Crippen molar-refractivity contribution < 1.29 is 14.3 Å². The zero-order valence-electron chi connectivity index (χ0n) is 9.05. The third-order valence-corrected chi connectivity index (χ3v) is 4.32. The van der Waals surface area contributed by atoms with Crippen molar-refractivity contribution in [1.29, 1.82) is 0 Å². The average Bonchev–Trinajstić information content (AvgIpc) is 2.28. The highest BCUT2D eigenvalue weighted by Gasteiger charge is 2.18. The second kappa shape index (κ2) is 5.48. The van der Waals surface area contributed by atoms with Gasteiger partial charge in [-0.2, -0.15) is 0 Å². The van der Waals surface area contributed by atoms with Crippen LogP contribution in [0.1, 0.15) is 12.5 Å². The van der Waals surface area contributed by atoms with Gasteiger partial charge < -0.3 is 9.73 Å². The van der Waals surface area contributed by atoms with Gasteiger partial charge in [-0.1, -0.05) is 28.9 Å². The maximum atomic E-state index is 12.0. The van der Waals surface area contributed by atoms with E-state index in [2.05, 4.69) is 5.16 Å². The summed E-state index contributed by atoms with van der Waals surface area (Å²) in [6.45, 7) is 3.75. The molecule has 0 spiro atoms. The molecular formula is C10H13ClNO3P. The molecule has 0 aliphatic rings. The first-order valence-electron chi connectivity index (χ1n) is 4.72. The predicted octanol–water partition coefficient (Wildman–Crippen LogP) is 2.63. The third-order valence-electron chi connectivity index (χ3n) is 2.04. The molecular weight excluding hydrogens is 249 g/mol. The zero-order valence-corrected chi connectivity index (χ0v) is 10.7. The molecule has 6 heteroatoms. The summed E-state index contributed by atoms with van der Waals surface area (Å²) in [4.78, 5) is 0. The van der Waals surface area contributed by atoms with Gasteiger partial charge in [0.1, 0.15) is 0 Å². The summed E-state index contributed by atoms with van der Waals surface area (Å²) in [6, 6.07) is 6.57. The number of rotatable bonds is 4. The molecule has 0 saturated heterocycles. The first kappa shape index (κ1) is 13.2. The summed E-state index contributed by atoms with van der Waals surface area (Å²) >= 11 is 5.62. The fourth-order valence-corrected chi connectivity index (χ4v) is 2.71. The number of halogens is 1. The van der Waals surface area contributed by atoms with Crippen molar-refractivity contribution in [3.8, 4) is 0 Å². The van der Waals surface area contributed by atoms with Gasteiger partial charge >= 0.3 is 0 Å². The molecule has 0 aliphatic carbocycles. The fraction of sp³-hybridized carbons (Fsp3) is 0.300. The number of hydrogen-bond donors (Lipinski definition) is 1. The SMILES string of the molecule is CCOP(C)(=O)c1ccc(C(Cl)=NO)cc1. The van der Waals surface area contributed by atoms with E-state index in [1.165, 1.54) is 0 Å². The van der Waals surface area contributed by atoms with Crippen LogP contribution >= 0.6 is 19.0 Å². The highest BCUT2D eigenvalue weighted by atomic mass is 35.5. The van der Waals surface area contributed by atoms with Gasteiger partial charge in [0.25, 0.3) is 0 Å². The van der Waals surface area contributed by atoms with Gasteiger partial charge in [0.05, 0.1) is 6.61 Å². The summed E-state index contributed by atoms with van der Waals surface area (Å²) in [6.07, 6.45) is 0. The summed E-state index contributed by atoms with van der Waals surface area (Å²) in [5.74, 6) is 0. The monoisotopic (exact) mass is 261 g/mol. The van der Waals surface area contributed by atoms with Crippen LogP contribution in [0.4, 0.5) is 0 Å². The number of benzene rings is 1. The van der Waals surface area contributed by atoms with E-state index in [-0.39, 0.29) is 5.17 Å². The average molecular weight is 262 g/mol. The minimum atomic E-state index is -2.75. The van der Waals surface area contributed by atoms with Crippen LogP contribution < -0.4 is 5.30 Å². The van der Waals surface area contributed by atoms with E-state index in [0.717, 1.165) is 0 Å². The molecule has 1 aromatic carbocycles. The Kier molecular flexibility index (Phi) is 4.54. The van der Waals surface area contributed by atoms with E-state index >= 15 is 0 Å². The predicted molar refractivity (Wildman–Crippen MR) is 65.4 cm³/mol. The van der Waals surface area contributed by atoms with Crippen molar-refractivity contribution in [2.45, 2.75) is 6.92 Å². The lowest BCUT2D eigenvalue weighted by molar-refractivity contribution is 0.321. The fourth-order valence-electron chi connectivity index (χ4n) is 1.25. The minimum Gasteiger partial charge on any atom is -0.410 e. The van der Waals surface area contributed by atoms with Crippen LogP contribution in [0.5, 0.6) is 0 Å². The first-order valence-corrected chi connectivity index (χ1v) is 7.17. The van der Waals surface area contributed by atoms with E-state index < -0.39 is 7.37 Å². The second-order valence-corrected chi connectivity index (χ2v) is 6.03. The first-order chi connectivity index (χ1) is 7.51. The molecule has 0 heterocycles. The standard InChI is InChI=1S/C10H13ClNO3P/c1-3-15-16(2,14)9-6-4-8(5-7-9)10(11)12-13/h4-7,13H,3H2,1-2H3. The molecule has 0 aromatic heterocycles. The second-order valence-electron chi connectivity index (χ2n) is 3.20. The van der Waals surface area contributed by atoms with Gasteiger partial charge in [-0.3, -0.25) is 4.57 Å². The Morgan fingerprint density at radius 1 is 1.50 bits per heavy atom. The van der Waals surface area contributed by atoms with E-state index in [0.29, 0.717) is 17.5 Å². The lowest BCUT2D eigenvalue weighted by atomic mass is 10.2. The Hall–Kier alpha value is -0.830. The van der Waals surface area contributed by atoms with E-state index in [1.807, 2.05) is 0 Å². The molecule has 88 valence electrons. The van der Waals surface area contributed by atoms with Crippen molar-refractivity contribution in [3.63, 3.8) is 0 Å². The molecule has 4 nitrogen and oxygen atoms in total. The topological polar surface area (TPSA) is 58.9 Å². The molecule has 0 saturated carbocycles. The molecule has 0 amide bonds. The van der Waals surface area contributed by atoms with Crippen molar-refractivity contribution in [1.82, 2.24) is 0 Å². The molecule has 0 aliphatic heterocycles. The highest BCUT2D eigenvalue weighted by Crippen LogP contribution is 2.40. The lowest BCUT2D eigenvalue weighted by Crippen LogP contribution is -2.07. The summed E-state index contributed by atoms with van der Waals surface area (Å²) < 4.78 is 17.2. The lowest BCUT2D eigenvalue weighted by Gasteiger charge is -2.12. The number of hydrogen-bond acceptors (Lipinski definition) is 4. The zero-order chi connectivity index (χ0) is 12.2. The Bertz CT molecular complexity index is 430. The van der Waals surface area contributed by atoms with Crippen LogP contribution in [-0.4, -0.2) is 23.6 Å². The van der Waals surface area contributed by atoms with Gasteiger partial charge in [-0.25, -0.2) is 0 Å². The van der Waals surface area contributed by atoms with Crippen LogP contribution in [0.25, 0.3) is 0 Å². The van der Waals surface area contributed by atoms with Crippen LogP contribution in [0.3, 0.4) is 0 Å². The molecule has 0 fully saturated rings. The van der Waals surface area contributed by atoms with Crippen LogP contribution in [0.2, 0.25) is 0 Å². The molecule has 0 bridgehead atoms. The summed E-state index contributed by atoms with van der Waals surface area (Å²) in [7, 11) is -2.75. The molecule has 16 heavy (non-hydrogen) atoms. The van der Waals surface area contributed by atoms with Crippen molar-refractivity contribution >= 4 is 29.4 Å². The highest BCUT2D eigenvalue weighted by molar-refractivity contribution is 7.66. The van der Waals surface area contributed by atoms with Crippen LogP contribution in [0.15, 0.2) is 29.4 Å². The maximum Gasteiger partial charge on any atom is 0.229 e. The van der Waals surface area contributed by atoms with E-state index in [4.69, 9.17) is 21.3 Å². The molecule has 1 atom stereocenters. The van der Waals surface area contributed by atoms with E-state index in [1.54, 1.807) is 37.9 Å². The minimum absolute atomic E-state index is 0.00565. The van der Waals surface area contributed by atoms with Crippen LogP contribution in [0, 0.1) is 0 Å². The van der Waals surface area contributed by atoms with Gasteiger partial charge in [0.2, 0.25) is 7.37 Å². The quantitative estimate of drug-likeness (QED) is 0.392. The van der Waals surface area contributed by atoms with Crippen LogP contribution in [-0.2, 0) is 9.09 Å². The molecule has 0 radical (unpaired) electrons. The van der Waals surface area contributed by atoms with Gasteiger partial charge in [-0.05, 0) is 19.1 Å². The van der Waals surface area contributed by atoms with Gasteiger partial charge in [0, 0.05) is 17.5 Å². The summed E-state index contributed by atoms with van der Waals surface area (Å²) in [5.41, 5.74) is 0.560. The Labute approximate surface area is 99.3 Å². The maximum absolute atomic E-state index is 12.0. The third kappa shape index (κ3) is 3.08.